The van der Waals surface area contributed by atoms with Crippen molar-refractivity contribution in [3.8, 4) is 0 Å². The molecular formula is C13H26N2O6S. The van der Waals surface area contributed by atoms with E-state index in [1.807, 2.05) is 6.92 Å². The fourth-order valence-electron chi connectivity index (χ4n) is 1.37. The molecule has 130 valence electrons. The third kappa shape index (κ3) is 13.6. The van der Waals surface area contributed by atoms with Crippen molar-refractivity contribution in [2.24, 2.45) is 5.73 Å². The normalized spacial score (nSPS) is 11.2. The lowest BCUT2D eigenvalue weighted by atomic mass is 10.2. The zero-order chi connectivity index (χ0) is 16.1. The largest absolute Gasteiger partial charge is 0.466 e. The van der Waals surface area contributed by atoms with Crippen molar-refractivity contribution in [2.45, 2.75) is 52.5 Å². The first-order valence-corrected chi connectivity index (χ1v) is 7.81. The van der Waals surface area contributed by atoms with Crippen molar-refractivity contribution < 1.29 is 24.3 Å². The Balaban J connectivity index is 0. The second-order valence-electron chi connectivity index (χ2n) is 4.30. The molecule has 0 aliphatic carbocycles. The molecule has 0 spiro atoms. The highest BCUT2D eigenvalue weighted by atomic mass is 32.2. The summed E-state index contributed by atoms with van der Waals surface area (Å²) in [6.07, 6.45) is 2.55. The summed E-state index contributed by atoms with van der Waals surface area (Å²) in [5.41, 5.74) is 5.65. The summed E-state index contributed by atoms with van der Waals surface area (Å²) in [6, 6.07) is -0.474. The Kier molecular flexibility index (Phi) is 15.2. The van der Waals surface area contributed by atoms with Gasteiger partial charge < -0.3 is 15.3 Å². The Bertz CT molecular complexity index is 340. The van der Waals surface area contributed by atoms with Crippen molar-refractivity contribution in [2.75, 3.05) is 19.0 Å². The lowest BCUT2D eigenvalue weighted by molar-refractivity contribution is -0.757. The second-order valence-corrected chi connectivity index (χ2v) is 5.40. The number of ether oxygens (including phenoxy) is 1. The molecule has 0 saturated heterocycles. The molecule has 0 aromatic heterocycles. The van der Waals surface area contributed by atoms with Crippen LogP contribution in [0.5, 0.6) is 0 Å². The number of hydrogen-bond donors (Lipinski definition) is 1. The van der Waals surface area contributed by atoms with Crippen molar-refractivity contribution >= 4 is 22.8 Å². The summed E-state index contributed by atoms with van der Waals surface area (Å²) < 4.78 is 4.92. The van der Waals surface area contributed by atoms with Gasteiger partial charge in [0.1, 0.15) is 0 Å². The van der Waals surface area contributed by atoms with E-state index in [1.54, 1.807) is 0 Å². The molecule has 1 atom stereocenters. The van der Waals surface area contributed by atoms with Crippen LogP contribution in [-0.2, 0) is 19.2 Å². The molecule has 0 aliphatic rings. The van der Waals surface area contributed by atoms with Crippen LogP contribution >= 0.6 is 11.8 Å². The average Bonchev–Trinajstić information content (AvgIpc) is 2.42. The summed E-state index contributed by atoms with van der Waals surface area (Å²) in [7, 11) is 0. The van der Waals surface area contributed by atoms with Crippen LogP contribution in [0.4, 0.5) is 0 Å². The van der Waals surface area contributed by atoms with Gasteiger partial charge >= 0.3 is 5.97 Å². The zero-order valence-electron chi connectivity index (χ0n) is 12.1. The molecule has 0 radical (unpaired) electrons. The van der Waals surface area contributed by atoms with Crippen molar-refractivity contribution in [1.82, 2.24) is 0 Å². The molecule has 0 amide bonds. The maximum absolute atomic E-state index is 11.5. The molecule has 0 bridgehead atoms. The Morgan fingerprint density at radius 2 is 1.95 bits per heavy atom. The molecule has 0 aromatic rings. The highest BCUT2D eigenvalue weighted by molar-refractivity contribution is 8.13. The number of nitrogens with zero attached hydrogens (tertiary/aromatic N) is 1. The van der Waals surface area contributed by atoms with Crippen LogP contribution in [0, 0.1) is 10.1 Å². The molecule has 22 heavy (non-hydrogen) atoms. The number of carbonyl (C=O) groups excluding carboxylic acids is 2. The van der Waals surface area contributed by atoms with E-state index in [0.717, 1.165) is 18.2 Å². The number of carbonyl (C=O) groups is 2. The first-order valence-electron chi connectivity index (χ1n) is 6.82. The SMILES string of the molecule is C.CCCC(N)C(=O)SCCC(=O)OCCCCO[N+](=O)[O-]. The van der Waals surface area contributed by atoms with E-state index in [-0.39, 0.29) is 32.2 Å². The Hall–Kier alpha value is -1.35. The molecule has 0 rings (SSSR count). The van der Waals surface area contributed by atoms with E-state index >= 15 is 0 Å². The Morgan fingerprint density at radius 1 is 1.32 bits per heavy atom. The van der Waals surface area contributed by atoms with Crippen LogP contribution in [0.25, 0.3) is 0 Å². The molecule has 1 unspecified atom stereocenters. The summed E-state index contributed by atoms with van der Waals surface area (Å²) in [5.74, 6) is -0.0472. The van der Waals surface area contributed by atoms with Gasteiger partial charge in [-0.15, -0.1) is 10.1 Å². The van der Waals surface area contributed by atoms with Crippen LogP contribution in [0.1, 0.15) is 46.5 Å². The van der Waals surface area contributed by atoms with Crippen LogP contribution < -0.4 is 5.73 Å². The van der Waals surface area contributed by atoms with E-state index in [1.165, 1.54) is 0 Å². The third-order valence-corrected chi connectivity index (χ3v) is 3.45. The third-order valence-electron chi connectivity index (χ3n) is 2.45. The van der Waals surface area contributed by atoms with Gasteiger partial charge in [0.05, 0.1) is 25.7 Å². The predicted molar refractivity (Wildman–Crippen MR) is 84.8 cm³/mol. The average molecular weight is 338 g/mol. The number of thioether (sulfide) groups is 1. The van der Waals surface area contributed by atoms with Gasteiger partial charge in [-0.3, -0.25) is 9.59 Å². The fourth-order valence-corrected chi connectivity index (χ4v) is 2.17. The van der Waals surface area contributed by atoms with E-state index in [2.05, 4.69) is 4.84 Å². The van der Waals surface area contributed by atoms with Gasteiger partial charge in [0.2, 0.25) is 5.12 Å². The van der Waals surface area contributed by atoms with E-state index in [4.69, 9.17) is 10.5 Å². The minimum atomic E-state index is -0.858. The molecule has 0 aromatic carbocycles. The summed E-state index contributed by atoms with van der Waals surface area (Å²) in [5, 5.41) is 8.89. The number of hydrogen-bond acceptors (Lipinski definition) is 8. The van der Waals surface area contributed by atoms with Crippen LogP contribution in [0.2, 0.25) is 0 Å². The number of nitrogens with two attached hydrogens (primary N) is 1. The lowest BCUT2D eigenvalue weighted by Crippen LogP contribution is -2.28. The maximum atomic E-state index is 11.5. The number of rotatable bonds is 12. The van der Waals surface area contributed by atoms with Gasteiger partial charge in [-0.05, 0) is 19.3 Å². The highest BCUT2D eigenvalue weighted by Gasteiger charge is 2.13. The first kappa shape index (κ1) is 22.9. The standard InChI is InChI=1S/C12H22N2O6S.CH4/c1-2-5-10(13)12(16)21-9-6-11(15)19-7-3-4-8-20-14(17)18;/h10H,2-9,13H2,1H3;1H4. The van der Waals surface area contributed by atoms with Crippen LogP contribution in [-0.4, -0.2) is 41.2 Å². The quantitative estimate of drug-likeness (QED) is 0.248. The minimum Gasteiger partial charge on any atom is -0.466 e. The molecule has 8 nitrogen and oxygen atoms in total. The highest BCUT2D eigenvalue weighted by Crippen LogP contribution is 2.10. The summed E-state index contributed by atoms with van der Waals surface area (Å²) in [4.78, 5) is 36.8. The van der Waals surface area contributed by atoms with Crippen LogP contribution in [0.3, 0.4) is 0 Å². The van der Waals surface area contributed by atoms with Crippen molar-refractivity contribution in [3.05, 3.63) is 10.1 Å². The second kappa shape index (κ2) is 14.6. The minimum absolute atomic E-state index is 0. The van der Waals surface area contributed by atoms with Gasteiger partial charge in [-0.25, -0.2) is 0 Å². The maximum Gasteiger partial charge on any atom is 0.306 e. The molecule has 9 heteroatoms. The lowest BCUT2D eigenvalue weighted by Gasteiger charge is -2.08. The van der Waals surface area contributed by atoms with Crippen molar-refractivity contribution in [3.63, 3.8) is 0 Å². The molecule has 0 saturated carbocycles. The van der Waals surface area contributed by atoms with Crippen LogP contribution in [0.15, 0.2) is 0 Å². The van der Waals surface area contributed by atoms with E-state index in [0.29, 0.717) is 25.0 Å². The van der Waals surface area contributed by atoms with E-state index in [9.17, 15) is 19.7 Å². The molecular weight excluding hydrogens is 312 g/mol. The van der Waals surface area contributed by atoms with Crippen molar-refractivity contribution in [1.29, 1.82) is 0 Å². The first-order chi connectivity index (χ1) is 9.97. The number of unbranched alkanes of at least 4 members (excludes halogenated alkanes) is 1. The summed E-state index contributed by atoms with van der Waals surface area (Å²) >= 11 is 1.04. The van der Waals surface area contributed by atoms with Gasteiger partial charge in [-0.1, -0.05) is 32.5 Å². The summed E-state index contributed by atoms with van der Waals surface area (Å²) in [6.45, 7) is 2.13. The Labute approximate surface area is 135 Å². The molecule has 2 N–H and O–H groups in total. The molecule has 0 heterocycles. The zero-order valence-corrected chi connectivity index (χ0v) is 12.9. The van der Waals surface area contributed by atoms with Gasteiger partial charge in [-0.2, -0.15) is 0 Å². The smallest absolute Gasteiger partial charge is 0.306 e. The fraction of sp³-hybridized carbons (Fsp3) is 0.846. The van der Waals surface area contributed by atoms with Gasteiger partial charge in [0, 0.05) is 5.75 Å². The molecule has 0 aliphatic heterocycles. The van der Waals surface area contributed by atoms with Gasteiger partial charge in [0.25, 0.3) is 5.09 Å². The Morgan fingerprint density at radius 3 is 2.55 bits per heavy atom. The van der Waals surface area contributed by atoms with Gasteiger partial charge in [0.15, 0.2) is 0 Å². The predicted octanol–water partition coefficient (Wildman–Crippen LogP) is 1.93. The molecule has 0 fully saturated rings. The number of esters is 1. The monoisotopic (exact) mass is 338 g/mol. The topological polar surface area (TPSA) is 122 Å². The van der Waals surface area contributed by atoms with E-state index < -0.39 is 17.1 Å².